The van der Waals surface area contributed by atoms with E-state index in [0.29, 0.717) is 16.7 Å². The number of carbonyl (C=O) groups is 1. The zero-order valence-corrected chi connectivity index (χ0v) is 19.5. The van der Waals surface area contributed by atoms with Crippen molar-refractivity contribution < 1.29 is 18.7 Å². The fourth-order valence-corrected chi connectivity index (χ4v) is 3.96. The topological polar surface area (TPSA) is 78.3 Å². The maximum Gasteiger partial charge on any atom is 0.234 e. The van der Waals surface area contributed by atoms with Crippen molar-refractivity contribution in [3.63, 3.8) is 0 Å². The predicted octanol–water partition coefficient (Wildman–Crippen LogP) is 5.03. The standard InChI is InChI=1S/C25H23FN4O3S/c1-17-4-3-5-22(14-17)33-15-23-28-29-25(30(23)20-10-12-21(32-2)13-11-20)34-16-24(31)27-19-8-6-18(26)7-9-19/h3-14H,15-16H2,1-2H3,(H,27,31). The summed E-state index contributed by atoms with van der Waals surface area (Å²) in [5.74, 6) is 1.55. The van der Waals surface area contributed by atoms with Crippen molar-refractivity contribution in [1.29, 1.82) is 0 Å². The Bertz CT molecular complexity index is 1260. The van der Waals surface area contributed by atoms with E-state index in [1.165, 1.54) is 36.0 Å². The van der Waals surface area contributed by atoms with Crippen molar-refractivity contribution in [3.05, 3.63) is 90.0 Å². The first-order valence-corrected chi connectivity index (χ1v) is 11.5. The van der Waals surface area contributed by atoms with Gasteiger partial charge in [0.15, 0.2) is 11.0 Å². The summed E-state index contributed by atoms with van der Waals surface area (Å²) in [4.78, 5) is 12.4. The van der Waals surface area contributed by atoms with Gasteiger partial charge in [-0.05, 0) is 73.2 Å². The van der Waals surface area contributed by atoms with Gasteiger partial charge in [-0.3, -0.25) is 9.36 Å². The summed E-state index contributed by atoms with van der Waals surface area (Å²) >= 11 is 1.24. The number of carbonyl (C=O) groups excluding carboxylic acids is 1. The number of nitrogens with zero attached hydrogens (tertiary/aromatic N) is 3. The highest BCUT2D eigenvalue weighted by molar-refractivity contribution is 7.99. The Hall–Kier alpha value is -3.85. The quantitative estimate of drug-likeness (QED) is 0.340. The van der Waals surface area contributed by atoms with E-state index in [0.717, 1.165) is 22.7 Å². The summed E-state index contributed by atoms with van der Waals surface area (Å²) in [5, 5.41) is 11.9. The molecule has 4 aromatic rings. The smallest absolute Gasteiger partial charge is 0.234 e. The van der Waals surface area contributed by atoms with Crippen LogP contribution >= 0.6 is 11.8 Å². The monoisotopic (exact) mass is 478 g/mol. The molecule has 4 rings (SSSR count). The van der Waals surface area contributed by atoms with Crippen LogP contribution in [0, 0.1) is 12.7 Å². The summed E-state index contributed by atoms with van der Waals surface area (Å²) in [6.45, 7) is 2.20. The van der Waals surface area contributed by atoms with E-state index in [-0.39, 0.29) is 24.1 Å². The molecule has 0 saturated carbocycles. The highest BCUT2D eigenvalue weighted by Gasteiger charge is 2.17. The fraction of sp³-hybridized carbons (Fsp3) is 0.160. The molecule has 0 aliphatic heterocycles. The van der Waals surface area contributed by atoms with Crippen molar-refractivity contribution in [2.75, 3.05) is 18.2 Å². The highest BCUT2D eigenvalue weighted by Crippen LogP contribution is 2.25. The van der Waals surface area contributed by atoms with Crippen LogP contribution in [0.2, 0.25) is 0 Å². The highest BCUT2D eigenvalue weighted by atomic mass is 32.2. The lowest BCUT2D eigenvalue weighted by Gasteiger charge is -2.12. The molecule has 1 heterocycles. The van der Waals surface area contributed by atoms with Crippen LogP contribution in [-0.4, -0.2) is 33.5 Å². The van der Waals surface area contributed by atoms with Crippen LogP contribution in [-0.2, 0) is 11.4 Å². The molecule has 0 atom stereocenters. The van der Waals surface area contributed by atoms with Gasteiger partial charge in [-0.1, -0.05) is 23.9 Å². The third kappa shape index (κ3) is 5.93. The number of ether oxygens (including phenoxy) is 2. The van der Waals surface area contributed by atoms with Gasteiger partial charge in [0.05, 0.1) is 12.9 Å². The third-order valence-corrected chi connectivity index (χ3v) is 5.78. The first-order chi connectivity index (χ1) is 16.5. The number of hydrogen-bond acceptors (Lipinski definition) is 6. The van der Waals surface area contributed by atoms with E-state index in [4.69, 9.17) is 9.47 Å². The number of anilines is 1. The molecule has 34 heavy (non-hydrogen) atoms. The SMILES string of the molecule is COc1ccc(-n2c(COc3cccc(C)c3)nnc2SCC(=O)Nc2ccc(F)cc2)cc1. The summed E-state index contributed by atoms with van der Waals surface area (Å²) in [7, 11) is 1.61. The van der Waals surface area contributed by atoms with E-state index >= 15 is 0 Å². The summed E-state index contributed by atoms with van der Waals surface area (Å²) in [6, 6.07) is 20.8. The van der Waals surface area contributed by atoms with Crippen molar-refractivity contribution in [2.24, 2.45) is 0 Å². The molecule has 0 fully saturated rings. The van der Waals surface area contributed by atoms with Crippen molar-refractivity contribution in [1.82, 2.24) is 14.8 Å². The molecule has 3 aromatic carbocycles. The number of methoxy groups -OCH3 is 1. The van der Waals surface area contributed by atoms with Gasteiger partial charge in [0.2, 0.25) is 5.91 Å². The molecule has 7 nitrogen and oxygen atoms in total. The van der Waals surface area contributed by atoms with Crippen LogP contribution in [0.3, 0.4) is 0 Å². The second-order valence-corrected chi connectivity index (χ2v) is 8.32. The summed E-state index contributed by atoms with van der Waals surface area (Å²) < 4.78 is 26.1. The molecule has 0 radical (unpaired) electrons. The largest absolute Gasteiger partial charge is 0.497 e. The minimum atomic E-state index is -0.361. The lowest BCUT2D eigenvalue weighted by molar-refractivity contribution is -0.113. The van der Waals surface area contributed by atoms with Crippen LogP contribution in [0.5, 0.6) is 11.5 Å². The number of halogens is 1. The first-order valence-electron chi connectivity index (χ1n) is 10.5. The van der Waals surface area contributed by atoms with Gasteiger partial charge < -0.3 is 14.8 Å². The molecule has 0 aliphatic carbocycles. The molecular formula is C25H23FN4O3S. The average Bonchev–Trinajstić information content (AvgIpc) is 3.26. The van der Waals surface area contributed by atoms with E-state index in [2.05, 4.69) is 15.5 Å². The zero-order chi connectivity index (χ0) is 23.9. The second kappa shape index (κ2) is 10.8. The van der Waals surface area contributed by atoms with Crippen LogP contribution < -0.4 is 14.8 Å². The number of thioether (sulfide) groups is 1. The number of aromatic nitrogens is 3. The minimum absolute atomic E-state index is 0.102. The van der Waals surface area contributed by atoms with Gasteiger partial charge in [0.25, 0.3) is 0 Å². The maximum atomic E-state index is 13.1. The molecule has 174 valence electrons. The third-order valence-electron chi connectivity index (χ3n) is 4.85. The number of rotatable bonds is 9. The van der Waals surface area contributed by atoms with Crippen molar-refractivity contribution in [2.45, 2.75) is 18.7 Å². The van der Waals surface area contributed by atoms with E-state index in [1.807, 2.05) is 60.0 Å². The van der Waals surface area contributed by atoms with Gasteiger partial charge in [-0.2, -0.15) is 0 Å². The number of aryl methyl sites for hydroxylation is 1. The Balaban J connectivity index is 1.52. The molecule has 9 heteroatoms. The summed E-state index contributed by atoms with van der Waals surface area (Å²) in [5.41, 5.74) is 2.43. The van der Waals surface area contributed by atoms with Crippen LogP contribution in [0.15, 0.2) is 78.0 Å². The van der Waals surface area contributed by atoms with Crippen molar-refractivity contribution in [3.8, 4) is 17.2 Å². The van der Waals surface area contributed by atoms with Crippen LogP contribution in [0.25, 0.3) is 5.69 Å². The van der Waals surface area contributed by atoms with Gasteiger partial charge in [-0.15, -0.1) is 10.2 Å². The lowest BCUT2D eigenvalue weighted by Crippen LogP contribution is -2.14. The minimum Gasteiger partial charge on any atom is -0.497 e. The number of nitrogens with one attached hydrogen (secondary N) is 1. The fourth-order valence-electron chi connectivity index (χ4n) is 3.19. The molecule has 1 amide bonds. The summed E-state index contributed by atoms with van der Waals surface area (Å²) in [6.07, 6.45) is 0. The number of amides is 1. The Morgan fingerprint density at radius 2 is 1.79 bits per heavy atom. The molecule has 0 spiro atoms. The Morgan fingerprint density at radius 3 is 2.50 bits per heavy atom. The molecule has 1 N–H and O–H groups in total. The molecule has 0 aliphatic rings. The lowest BCUT2D eigenvalue weighted by atomic mass is 10.2. The molecule has 0 saturated heterocycles. The average molecular weight is 479 g/mol. The first kappa shape index (κ1) is 23.3. The van der Waals surface area contributed by atoms with E-state index in [1.54, 1.807) is 7.11 Å². The van der Waals surface area contributed by atoms with Crippen LogP contribution in [0.1, 0.15) is 11.4 Å². The number of benzene rings is 3. The molecule has 1 aromatic heterocycles. The van der Waals surface area contributed by atoms with Gasteiger partial charge in [-0.25, -0.2) is 4.39 Å². The predicted molar refractivity (Wildman–Crippen MR) is 129 cm³/mol. The normalized spacial score (nSPS) is 10.7. The van der Waals surface area contributed by atoms with Gasteiger partial charge >= 0.3 is 0 Å². The maximum absolute atomic E-state index is 13.1. The zero-order valence-electron chi connectivity index (χ0n) is 18.7. The van der Waals surface area contributed by atoms with E-state index in [9.17, 15) is 9.18 Å². The van der Waals surface area contributed by atoms with E-state index < -0.39 is 0 Å². The molecule has 0 unspecified atom stereocenters. The van der Waals surface area contributed by atoms with Crippen molar-refractivity contribution >= 4 is 23.4 Å². The molecular weight excluding hydrogens is 455 g/mol. The molecule has 0 bridgehead atoms. The Kier molecular flexibility index (Phi) is 7.44. The second-order valence-electron chi connectivity index (χ2n) is 7.38. The van der Waals surface area contributed by atoms with Gasteiger partial charge in [0.1, 0.15) is 23.9 Å². The Labute approximate surface area is 200 Å². The Morgan fingerprint density at radius 1 is 1.03 bits per heavy atom. The van der Waals surface area contributed by atoms with Gasteiger partial charge in [0, 0.05) is 11.4 Å². The number of hydrogen-bond donors (Lipinski definition) is 1. The van der Waals surface area contributed by atoms with Crippen LogP contribution in [0.4, 0.5) is 10.1 Å².